The molecule has 12 amide bonds. The number of rotatable bonds is 21. The van der Waals surface area contributed by atoms with Crippen LogP contribution >= 0.6 is 0 Å². The number of phenolic OH excluding ortho intramolecular Hbond substituents is 2. The fourth-order valence-electron chi connectivity index (χ4n) is 9.95. The molecule has 0 spiro atoms. The van der Waals surface area contributed by atoms with Crippen molar-refractivity contribution in [3.05, 3.63) is 167 Å². The number of hydrogen-bond donors (Lipinski definition) is 18. The van der Waals surface area contributed by atoms with Crippen molar-refractivity contribution >= 4 is 76.8 Å². The van der Waals surface area contributed by atoms with E-state index in [4.69, 9.17) is 28.3 Å². The highest BCUT2D eigenvalue weighted by molar-refractivity contribution is 6.00. The maximum Gasteiger partial charge on any atom is 0.245 e. The fourth-order valence-corrected chi connectivity index (χ4v) is 9.95. The van der Waals surface area contributed by atoms with Gasteiger partial charge in [0.15, 0.2) is 5.96 Å². The molecule has 0 aromatic heterocycles. The van der Waals surface area contributed by atoms with E-state index in [1.807, 2.05) is 0 Å². The Labute approximate surface area is 546 Å². The molecule has 0 aliphatic carbocycles. The summed E-state index contributed by atoms with van der Waals surface area (Å²) in [5.41, 5.74) is 25.7. The van der Waals surface area contributed by atoms with E-state index in [0.29, 0.717) is 27.8 Å². The van der Waals surface area contributed by atoms with Crippen molar-refractivity contribution in [2.75, 3.05) is 13.1 Å². The molecule has 0 radical (unpaired) electrons. The van der Waals surface area contributed by atoms with Crippen LogP contribution in [0.1, 0.15) is 60.4 Å². The number of guanidine groups is 1. The van der Waals surface area contributed by atoms with E-state index in [0.717, 1.165) is 0 Å². The lowest BCUT2D eigenvalue weighted by Gasteiger charge is -2.28. The lowest BCUT2D eigenvalue weighted by molar-refractivity contribution is -0.136. The minimum atomic E-state index is -1.91. The quantitative estimate of drug-likeness (QED) is 0.0192. The lowest BCUT2D eigenvalue weighted by Crippen LogP contribution is -2.62. The number of nitrogens with one attached hydrogen (secondary N) is 12. The van der Waals surface area contributed by atoms with Gasteiger partial charge < -0.3 is 91.6 Å². The minimum absolute atomic E-state index is 0.00542. The average Bonchev–Trinajstić information content (AvgIpc) is 1.04. The van der Waals surface area contributed by atoms with Gasteiger partial charge in [0.05, 0.1) is 18.9 Å². The van der Waals surface area contributed by atoms with Gasteiger partial charge in [0, 0.05) is 38.8 Å². The van der Waals surface area contributed by atoms with E-state index < -0.39 is 157 Å². The van der Waals surface area contributed by atoms with Crippen LogP contribution < -0.4 is 81.4 Å². The molecule has 1 saturated heterocycles. The largest absolute Gasteiger partial charge is 0.508 e. The molecule has 30 nitrogen and oxygen atoms in total. The Morgan fingerprint density at radius 1 is 0.537 bits per heavy atom. The van der Waals surface area contributed by atoms with Crippen LogP contribution in [0.5, 0.6) is 11.5 Å². The normalized spacial score (nSPS) is 21.2. The molecule has 22 N–H and O–H groups in total. The zero-order chi connectivity index (χ0) is 69.1. The van der Waals surface area contributed by atoms with Gasteiger partial charge in [-0.3, -0.25) is 62.9 Å². The highest BCUT2D eigenvalue weighted by Gasteiger charge is 2.37. The summed E-state index contributed by atoms with van der Waals surface area (Å²) >= 11 is 0. The van der Waals surface area contributed by atoms with E-state index in [1.54, 1.807) is 91.0 Å². The second kappa shape index (κ2) is 36.0. The second-order valence-electron chi connectivity index (χ2n) is 22.7. The summed E-state index contributed by atoms with van der Waals surface area (Å²) in [6.07, 6.45) is -3.11. The number of carbonyl (C=O) groups excluding carboxylic acids is 12. The first-order valence-corrected chi connectivity index (χ1v) is 30.4. The van der Waals surface area contributed by atoms with Crippen molar-refractivity contribution in [1.29, 1.82) is 5.41 Å². The van der Waals surface area contributed by atoms with Gasteiger partial charge in [-0.1, -0.05) is 115 Å². The summed E-state index contributed by atoms with van der Waals surface area (Å²) in [6.45, 7) is 0.329. The van der Waals surface area contributed by atoms with Gasteiger partial charge in [-0.05, 0) is 78.3 Å². The molecule has 1 fully saturated rings. The monoisotopic (exact) mass is 1310 g/mol. The molecular weight excluding hydrogens is 1230 g/mol. The first-order chi connectivity index (χ1) is 45.3. The molecule has 1 aliphatic rings. The molecule has 30 heteroatoms. The highest BCUT2D eigenvalue weighted by atomic mass is 16.3. The van der Waals surface area contributed by atoms with Crippen molar-refractivity contribution in [2.24, 2.45) is 22.9 Å². The second-order valence-corrected chi connectivity index (χ2v) is 22.7. The Balaban J connectivity index is 1.45. The number of benzene rings is 5. The van der Waals surface area contributed by atoms with E-state index in [2.05, 4.69) is 58.5 Å². The van der Waals surface area contributed by atoms with E-state index in [9.17, 15) is 67.7 Å². The Bertz CT molecular complexity index is 3520. The predicted molar refractivity (Wildman–Crippen MR) is 345 cm³/mol. The van der Waals surface area contributed by atoms with Crippen LogP contribution in [0.25, 0.3) is 0 Å². The zero-order valence-electron chi connectivity index (χ0n) is 51.9. The van der Waals surface area contributed by atoms with Crippen molar-refractivity contribution < 1.29 is 67.7 Å². The molecule has 0 bridgehead atoms. The van der Waals surface area contributed by atoms with Gasteiger partial charge in [0.1, 0.15) is 65.9 Å². The Morgan fingerprint density at radius 2 is 0.979 bits per heavy atom. The van der Waals surface area contributed by atoms with Crippen molar-refractivity contribution in [3.63, 3.8) is 0 Å². The number of aromatic hydroxyl groups is 2. The van der Waals surface area contributed by atoms with Crippen LogP contribution in [-0.4, -0.2) is 161 Å². The smallest absolute Gasteiger partial charge is 0.245 e. The SMILES string of the molecule is C[C@@H]1NC(=O)[C@H](CC(N)=O)NC(=O)[C@H](Cc2ccccc2)NC(=O)[C@H](Cc2ccccc2)NC(=O)[C@H](CCCNC(=N)N)NC(=O)CC(NC(=O)[C@@H](N)Cc2ccc(O)cc2)C(=O)NCC(C(=O)N[C@@H](Cc2ccc(O)cc2)C(N)=O)NC(=O)[C@H](Cc2ccccc2)NC1=O. The molecular formula is C65H80N16O14. The predicted octanol–water partition coefficient (Wildman–Crippen LogP) is -3.53. The van der Waals surface area contributed by atoms with Crippen molar-refractivity contribution in [1.82, 2.24) is 58.5 Å². The molecule has 95 heavy (non-hydrogen) atoms. The molecule has 6 rings (SSSR count). The Hall–Kier alpha value is -11.4. The van der Waals surface area contributed by atoms with Crippen LogP contribution in [0.4, 0.5) is 0 Å². The third kappa shape index (κ3) is 24.3. The average molecular weight is 1310 g/mol. The zero-order valence-corrected chi connectivity index (χ0v) is 51.9. The van der Waals surface area contributed by atoms with E-state index in [1.165, 1.54) is 55.5 Å². The maximum atomic E-state index is 14.8. The van der Waals surface area contributed by atoms with Gasteiger partial charge in [0.2, 0.25) is 70.9 Å². The molecule has 504 valence electrons. The van der Waals surface area contributed by atoms with Crippen molar-refractivity contribution in [2.45, 2.75) is 125 Å². The minimum Gasteiger partial charge on any atom is -0.508 e. The third-order valence-corrected chi connectivity index (χ3v) is 15.1. The number of amides is 12. The van der Waals surface area contributed by atoms with Gasteiger partial charge in [-0.2, -0.15) is 0 Å². The fraction of sp³-hybridized carbons (Fsp3) is 0.338. The molecule has 2 unspecified atom stereocenters. The standard InChI is InChI=1S/C65H80N16O14/c1-36-56(87)76-47(30-37-12-5-2-6-13-37)63(94)81-52(64(95)75-46(55(68)86)29-41-21-25-43(83)26-22-41)35-72-58(89)51(77-57(88)44(66)28-40-19-23-42(82)24-20-40)34-54(85)74-45(18-11-27-71-65(69)70)59(90)78-48(31-38-14-7-3-8-15-38)61(92)79-49(32-39-16-9-4-10-17-39)62(93)80-50(33-53(67)84)60(91)73-36/h2-10,12-17,19-26,36,44-52,82-83H,11,18,27-35,66H2,1H3,(H2,67,84)(H2,68,86)(H,72,89)(H,73,91)(H,74,85)(H,75,95)(H,76,87)(H,77,88)(H,78,90)(H,79,92)(H,80,93)(H,81,94)(H4,69,70,71)/t36-,44-,45-,46-,47-,48-,49-,50-,51?,52?/m0/s1. The van der Waals surface area contributed by atoms with Gasteiger partial charge in [-0.15, -0.1) is 0 Å². The van der Waals surface area contributed by atoms with Crippen LogP contribution in [0, 0.1) is 5.41 Å². The molecule has 5 aromatic carbocycles. The molecule has 10 atom stereocenters. The van der Waals surface area contributed by atoms with Crippen LogP contribution in [-0.2, 0) is 89.6 Å². The molecule has 5 aromatic rings. The van der Waals surface area contributed by atoms with E-state index >= 15 is 0 Å². The van der Waals surface area contributed by atoms with Crippen molar-refractivity contribution in [3.8, 4) is 11.5 Å². The summed E-state index contributed by atoms with van der Waals surface area (Å²) < 4.78 is 0. The van der Waals surface area contributed by atoms with Gasteiger partial charge >= 0.3 is 0 Å². The summed E-state index contributed by atoms with van der Waals surface area (Å²) in [6, 6.07) is 19.7. The number of hydrogen-bond acceptors (Lipinski definition) is 16. The van der Waals surface area contributed by atoms with Crippen LogP contribution in [0.15, 0.2) is 140 Å². The molecule has 1 heterocycles. The summed E-state index contributed by atoms with van der Waals surface area (Å²) in [7, 11) is 0. The topological polar surface area (TPSA) is 506 Å². The molecule has 1 aliphatic heterocycles. The summed E-state index contributed by atoms with van der Waals surface area (Å²) in [5, 5.41) is 55.4. The van der Waals surface area contributed by atoms with Crippen LogP contribution in [0.2, 0.25) is 0 Å². The lowest BCUT2D eigenvalue weighted by atomic mass is 10.0. The number of phenols is 2. The molecule has 0 saturated carbocycles. The number of primary amides is 2. The summed E-state index contributed by atoms with van der Waals surface area (Å²) in [5.74, 6) is -13.3. The van der Waals surface area contributed by atoms with Gasteiger partial charge in [-0.25, -0.2) is 0 Å². The summed E-state index contributed by atoms with van der Waals surface area (Å²) in [4.78, 5) is 171. The number of carbonyl (C=O) groups is 12. The first kappa shape index (κ1) is 72.6. The Kier molecular flexibility index (Phi) is 27.5. The highest BCUT2D eigenvalue weighted by Crippen LogP contribution is 2.15. The third-order valence-electron chi connectivity index (χ3n) is 15.1. The first-order valence-electron chi connectivity index (χ1n) is 30.4. The number of nitrogens with two attached hydrogens (primary N) is 4. The van der Waals surface area contributed by atoms with Crippen LogP contribution in [0.3, 0.4) is 0 Å². The maximum absolute atomic E-state index is 14.8. The Morgan fingerprint density at radius 3 is 1.45 bits per heavy atom. The van der Waals surface area contributed by atoms with E-state index in [-0.39, 0.29) is 63.0 Å². The van der Waals surface area contributed by atoms with Gasteiger partial charge in [0.25, 0.3) is 0 Å².